The van der Waals surface area contributed by atoms with Gasteiger partial charge in [0.25, 0.3) is 0 Å². The molecule has 13 heteroatoms. The molecule has 0 radical (unpaired) electrons. The standard InChI is InChI=1S/C54H71N3O10/c1-37(58)21-30-51(63)67-45-32-42(36-66-54(39-16-10-9-11-17-39,40-22-26-43(64-5)27-23-40)41-24-28-44(65-6)29-25-41)57(35-45)50(62)20-13-8-7-12-19-47(59)46(18-14-15-31-55)56-38(2)52-48(60)33-53(3,4)34-49(52)61/h9-11,16-17,22-29,42,45-46,60H,7-8,12-15,18-21,30-36,55H2,1-6H3/t42-,45+,46?/m0/s1. The number of aliphatic hydroxyl groups excluding tert-OH is 1. The van der Waals surface area contributed by atoms with Gasteiger partial charge in [-0.25, -0.2) is 0 Å². The van der Waals surface area contributed by atoms with Crippen LogP contribution in [0.15, 0.2) is 95.2 Å². The van der Waals surface area contributed by atoms with E-state index in [0.29, 0.717) is 75.1 Å². The highest BCUT2D eigenvalue weighted by atomic mass is 16.5. The zero-order chi connectivity index (χ0) is 48.6. The largest absolute Gasteiger partial charge is 0.511 e. The lowest BCUT2D eigenvalue weighted by Crippen LogP contribution is -2.42. The van der Waals surface area contributed by atoms with Crippen LogP contribution in [-0.4, -0.2) is 97.0 Å². The van der Waals surface area contributed by atoms with E-state index in [4.69, 9.17) is 29.7 Å². The van der Waals surface area contributed by atoms with Crippen LogP contribution in [0, 0.1) is 5.41 Å². The topological polar surface area (TPSA) is 184 Å². The van der Waals surface area contributed by atoms with Crippen LogP contribution in [0.5, 0.6) is 11.5 Å². The number of aliphatic hydroxyl groups is 1. The van der Waals surface area contributed by atoms with Crippen molar-refractivity contribution in [1.29, 1.82) is 0 Å². The molecule has 2 aliphatic rings. The van der Waals surface area contributed by atoms with Gasteiger partial charge in [-0.05, 0) is 98.9 Å². The first kappa shape index (κ1) is 52.3. The molecule has 1 aliphatic carbocycles. The average Bonchev–Trinajstić information content (AvgIpc) is 3.71. The van der Waals surface area contributed by atoms with E-state index in [-0.39, 0.29) is 72.4 Å². The van der Waals surface area contributed by atoms with Crippen molar-refractivity contribution >= 4 is 34.9 Å². The van der Waals surface area contributed by atoms with E-state index in [0.717, 1.165) is 36.0 Å². The minimum atomic E-state index is -1.13. The number of unbranched alkanes of at least 4 members (excludes halogenated alkanes) is 4. The molecule has 0 saturated carbocycles. The number of benzene rings is 3. The summed E-state index contributed by atoms with van der Waals surface area (Å²) in [6, 6.07) is 24.3. The predicted octanol–water partition coefficient (Wildman–Crippen LogP) is 8.96. The van der Waals surface area contributed by atoms with Crippen molar-refractivity contribution in [1.82, 2.24) is 4.90 Å². The monoisotopic (exact) mass is 922 g/mol. The molecule has 362 valence electrons. The Hall–Kier alpha value is -5.66. The Labute approximate surface area is 396 Å². The van der Waals surface area contributed by atoms with E-state index in [1.165, 1.54) is 6.92 Å². The molecule has 3 N–H and O–H groups in total. The molecule has 1 saturated heterocycles. The zero-order valence-electron chi connectivity index (χ0n) is 40.4. The number of amides is 1. The minimum absolute atomic E-state index is 0.0178. The molecule has 3 aromatic carbocycles. The van der Waals surface area contributed by atoms with E-state index >= 15 is 0 Å². The molecule has 5 rings (SSSR count). The lowest BCUT2D eigenvalue weighted by Gasteiger charge is -2.38. The summed E-state index contributed by atoms with van der Waals surface area (Å²) < 4.78 is 24.1. The number of aliphatic imine (C=N–C) groups is 1. The molecular weight excluding hydrogens is 851 g/mol. The number of allylic oxidation sites excluding steroid dienone is 2. The number of hydrogen-bond donors (Lipinski definition) is 2. The number of Topliss-reactive ketones (excluding diaryl/α,β-unsaturated/α-hetero) is 3. The molecular formula is C54H71N3O10. The van der Waals surface area contributed by atoms with Gasteiger partial charge in [-0.3, -0.25) is 24.2 Å². The van der Waals surface area contributed by atoms with Crippen LogP contribution in [0.4, 0.5) is 0 Å². The van der Waals surface area contributed by atoms with Crippen molar-refractivity contribution in [2.75, 3.05) is 33.9 Å². The summed E-state index contributed by atoms with van der Waals surface area (Å²) in [6.07, 6.45) is 5.70. The summed E-state index contributed by atoms with van der Waals surface area (Å²) in [5, 5.41) is 10.8. The van der Waals surface area contributed by atoms with Gasteiger partial charge in [0.15, 0.2) is 11.6 Å². The third kappa shape index (κ3) is 14.4. The van der Waals surface area contributed by atoms with Crippen molar-refractivity contribution in [2.45, 2.75) is 141 Å². The maximum atomic E-state index is 14.2. The lowest BCUT2D eigenvalue weighted by molar-refractivity contribution is -0.150. The van der Waals surface area contributed by atoms with E-state index < -0.39 is 29.8 Å². The number of nitrogens with two attached hydrogens (primary N) is 1. The van der Waals surface area contributed by atoms with Crippen molar-refractivity contribution in [3.63, 3.8) is 0 Å². The molecule has 0 aromatic heterocycles. The zero-order valence-corrected chi connectivity index (χ0v) is 40.4. The molecule has 1 amide bonds. The van der Waals surface area contributed by atoms with E-state index in [1.54, 1.807) is 26.0 Å². The number of likely N-dealkylation sites (tertiary alicyclic amines) is 1. The number of hydrogen-bond acceptors (Lipinski definition) is 12. The number of methoxy groups -OCH3 is 2. The Morgan fingerprint density at radius 2 is 1.39 bits per heavy atom. The minimum Gasteiger partial charge on any atom is -0.511 e. The molecule has 0 spiro atoms. The quantitative estimate of drug-likeness (QED) is 0.0339. The molecule has 1 fully saturated rings. The van der Waals surface area contributed by atoms with Crippen molar-refractivity contribution < 1.29 is 48.0 Å². The van der Waals surface area contributed by atoms with Crippen LogP contribution in [0.1, 0.15) is 134 Å². The Kier molecular flexibility index (Phi) is 19.5. The van der Waals surface area contributed by atoms with Crippen LogP contribution in [-0.2, 0) is 39.0 Å². The molecule has 13 nitrogen and oxygen atoms in total. The van der Waals surface area contributed by atoms with E-state index in [1.807, 2.05) is 92.7 Å². The van der Waals surface area contributed by atoms with Gasteiger partial charge >= 0.3 is 5.97 Å². The highest BCUT2D eigenvalue weighted by Gasteiger charge is 2.43. The van der Waals surface area contributed by atoms with Gasteiger partial charge < -0.3 is 39.5 Å². The first-order valence-corrected chi connectivity index (χ1v) is 23.8. The van der Waals surface area contributed by atoms with Crippen molar-refractivity contribution in [2.24, 2.45) is 16.1 Å². The third-order valence-electron chi connectivity index (χ3n) is 12.8. The Balaban J connectivity index is 1.29. The second-order valence-electron chi connectivity index (χ2n) is 18.7. The van der Waals surface area contributed by atoms with Crippen LogP contribution in [0.25, 0.3) is 0 Å². The van der Waals surface area contributed by atoms with Gasteiger partial charge in [-0.2, -0.15) is 0 Å². The van der Waals surface area contributed by atoms with Gasteiger partial charge in [0.1, 0.15) is 40.8 Å². The summed E-state index contributed by atoms with van der Waals surface area (Å²) in [4.78, 5) is 71.8. The maximum absolute atomic E-state index is 14.2. The summed E-state index contributed by atoms with van der Waals surface area (Å²) in [7, 11) is 3.23. The fraction of sp³-hybridized carbons (Fsp3) is 0.519. The second kappa shape index (κ2) is 24.9. The Bertz CT molecular complexity index is 2150. The fourth-order valence-electron chi connectivity index (χ4n) is 9.26. The lowest BCUT2D eigenvalue weighted by atomic mass is 9.75. The molecule has 0 bridgehead atoms. The predicted molar refractivity (Wildman–Crippen MR) is 258 cm³/mol. The maximum Gasteiger partial charge on any atom is 0.306 e. The Morgan fingerprint density at radius 3 is 1.96 bits per heavy atom. The molecule has 3 aromatic rings. The van der Waals surface area contributed by atoms with E-state index in [2.05, 4.69) is 0 Å². The van der Waals surface area contributed by atoms with Gasteiger partial charge in [-0.1, -0.05) is 81.3 Å². The van der Waals surface area contributed by atoms with Gasteiger partial charge in [0.2, 0.25) is 5.91 Å². The summed E-state index contributed by atoms with van der Waals surface area (Å²) >= 11 is 0. The summed E-state index contributed by atoms with van der Waals surface area (Å²) in [5.74, 6) is 0.553. The van der Waals surface area contributed by atoms with Crippen molar-refractivity contribution in [3.8, 4) is 11.5 Å². The first-order chi connectivity index (χ1) is 32.1. The Morgan fingerprint density at radius 1 is 0.791 bits per heavy atom. The SMILES string of the molecule is COc1ccc(C(OC[C@@H]2C[C@@H](OC(=O)CCC(C)=O)CN2C(=O)CCCCCCC(=O)C(CCCCN)N=C(C)C2=C(O)CC(C)(C)CC2=O)(c2ccccc2)c2ccc(OC)cc2)cc1. The van der Waals surface area contributed by atoms with Crippen molar-refractivity contribution in [3.05, 3.63) is 107 Å². The molecule has 3 atom stereocenters. The number of rotatable bonds is 26. The number of esters is 1. The number of carbonyl (C=O) groups excluding carboxylic acids is 5. The smallest absolute Gasteiger partial charge is 0.306 e. The summed E-state index contributed by atoms with van der Waals surface area (Å²) in [5.41, 5.74) is 7.47. The molecule has 1 aliphatic heterocycles. The van der Waals surface area contributed by atoms with Gasteiger partial charge in [-0.15, -0.1) is 0 Å². The highest BCUT2D eigenvalue weighted by molar-refractivity contribution is 6.22. The van der Waals surface area contributed by atoms with Gasteiger partial charge in [0, 0.05) is 44.2 Å². The van der Waals surface area contributed by atoms with Crippen LogP contribution < -0.4 is 15.2 Å². The average molecular weight is 922 g/mol. The number of nitrogens with zero attached hydrogens (tertiary/aromatic N) is 2. The summed E-state index contributed by atoms with van der Waals surface area (Å²) in [6.45, 7) is 7.83. The van der Waals surface area contributed by atoms with Crippen LogP contribution in [0.2, 0.25) is 0 Å². The third-order valence-corrected chi connectivity index (χ3v) is 12.8. The van der Waals surface area contributed by atoms with Crippen LogP contribution >= 0.6 is 0 Å². The van der Waals surface area contributed by atoms with Gasteiger partial charge in [0.05, 0.1) is 45.4 Å². The molecule has 1 heterocycles. The number of ketones is 3. The van der Waals surface area contributed by atoms with E-state index in [9.17, 15) is 29.1 Å². The molecule has 1 unspecified atom stereocenters. The second-order valence-corrected chi connectivity index (χ2v) is 18.7. The first-order valence-electron chi connectivity index (χ1n) is 23.8. The van der Waals surface area contributed by atoms with Crippen LogP contribution in [0.3, 0.4) is 0 Å². The number of ether oxygens (including phenoxy) is 4. The number of carbonyl (C=O) groups is 5. The normalized spacial score (nSPS) is 17.9. The fourth-order valence-corrected chi connectivity index (χ4v) is 9.26. The molecule has 67 heavy (non-hydrogen) atoms. The highest BCUT2D eigenvalue weighted by Crippen LogP contribution is 2.43.